The van der Waals surface area contributed by atoms with E-state index in [1.807, 2.05) is 31.2 Å². The fourth-order valence-corrected chi connectivity index (χ4v) is 3.76. The molecule has 2 aromatic heterocycles. The van der Waals surface area contributed by atoms with Gasteiger partial charge in [-0.2, -0.15) is 0 Å². The molecule has 4 rings (SSSR count). The number of rotatable bonds is 4. The normalized spacial score (nSPS) is 25.8. The molecule has 1 fully saturated rings. The van der Waals surface area contributed by atoms with Gasteiger partial charge in [-0.05, 0) is 19.1 Å². The third-order valence-electron chi connectivity index (χ3n) is 4.35. The van der Waals surface area contributed by atoms with Gasteiger partial charge in [-0.15, -0.1) is 0 Å². The van der Waals surface area contributed by atoms with Crippen molar-refractivity contribution < 1.29 is 20.1 Å². The molecule has 1 aromatic carbocycles. The largest absolute Gasteiger partial charge is 0.394 e. The topological polar surface area (TPSA) is 114 Å². The lowest BCUT2D eigenvalue weighted by Gasteiger charge is -2.16. The third-order valence-corrected chi connectivity index (χ3v) is 5.35. The highest BCUT2D eigenvalue weighted by Crippen LogP contribution is 2.34. The Labute approximate surface area is 153 Å². The van der Waals surface area contributed by atoms with Gasteiger partial charge in [-0.1, -0.05) is 29.5 Å². The summed E-state index contributed by atoms with van der Waals surface area (Å²) in [7, 11) is 0. The molecule has 0 bridgehead atoms. The van der Waals surface area contributed by atoms with Gasteiger partial charge < -0.3 is 20.1 Å². The van der Waals surface area contributed by atoms with Gasteiger partial charge in [0.25, 0.3) is 0 Å². The number of aliphatic hydroxyl groups is 3. The zero-order chi connectivity index (χ0) is 18.3. The van der Waals surface area contributed by atoms with Crippen molar-refractivity contribution in [3.05, 3.63) is 42.5 Å². The number of nitrogens with zero attached hydrogens (tertiary/aromatic N) is 4. The van der Waals surface area contributed by atoms with Crippen molar-refractivity contribution >= 4 is 22.9 Å². The Morgan fingerprint density at radius 2 is 1.88 bits per heavy atom. The predicted molar refractivity (Wildman–Crippen MR) is 93.6 cm³/mol. The molecule has 1 aliphatic rings. The molecule has 0 saturated carbocycles. The fraction of sp³-hybridized carbons (Fsp3) is 0.353. The van der Waals surface area contributed by atoms with E-state index in [1.54, 1.807) is 4.57 Å². The zero-order valence-electron chi connectivity index (χ0n) is 13.9. The summed E-state index contributed by atoms with van der Waals surface area (Å²) in [4.78, 5) is 14.0. The van der Waals surface area contributed by atoms with E-state index >= 15 is 0 Å². The zero-order valence-corrected chi connectivity index (χ0v) is 14.7. The molecule has 0 aliphatic carbocycles. The number of aryl methyl sites for hydroxylation is 1. The summed E-state index contributed by atoms with van der Waals surface area (Å²) < 4.78 is 7.12. The minimum Gasteiger partial charge on any atom is -0.394 e. The minimum atomic E-state index is -1.19. The van der Waals surface area contributed by atoms with Gasteiger partial charge in [0.15, 0.2) is 11.9 Å². The second kappa shape index (κ2) is 6.93. The second-order valence-electron chi connectivity index (χ2n) is 6.15. The van der Waals surface area contributed by atoms with E-state index in [0.717, 1.165) is 4.90 Å². The molecule has 0 radical (unpaired) electrons. The second-order valence-corrected chi connectivity index (χ2v) is 7.21. The van der Waals surface area contributed by atoms with Crippen LogP contribution in [0.4, 0.5) is 0 Å². The molecule has 1 saturated heterocycles. The Bertz CT molecular complexity index is 917. The maximum Gasteiger partial charge on any atom is 0.166 e. The first-order chi connectivity index (χ1) is 12.6. The average Bonchev–Trinajstić information content (AvgIpc) is 3.19. The van der Waals surface area contributed by atoms with Crippen LogP contribution < -0.4 is 0 Å². The van der Waals surface area contributed by atoms with E-state index in [2.05, 4.69) is 15.0 Å². The number of ether oxygens (including phenoxy) is 1. The first kappa shape index (κ1) is 17.4. The summed E-state index contributed by atoms with van der Waals surface area (Å²) in [6.45, 7) is 1.64. The molecule has 3 N–H and O–H groups in total. The highest BCUT2D eigenvalue weighted by Gasteiger charge is 2.44. The number of hydrogen-bond acceptors (Lipinski definition) is 8. The van der Waals surface area contributed by atoms with Gasteiger partial charge in [0.1, 0.15) is 35.2 Å². The predicted octanol–water partition coefficient (Wildman–Crippen LogP) is 0.897. The molecule has 0 unspecified atom stereocenters. The Balaban J connectivity index is 1.68. The van der Waals surface area contributed by atoms with E-state index in [-0.39, 0.29) is 6.61 Å². The van der Waals surface area contributed by atoms with Crippen LogP contribution in [0.3, 0.4) is 0 Å². The van der Waals surface area contributed by atoms with Crippen molar-refractivity contribution in [2.75, 3.05) is 6.61 Å². The van der Waals surface area contributed by atoms with Crippen molar-refractivity contribution in [3.63, 3.8) is 0 Å². The quantitative estimate of drug-likeness (QED) is 0.577. The molecule has 26 heavy (non-hydrogen) atoms. The Morgan fingerprint density at radius 1 is 1.12 bits per heavy atom. The van der Waals surface area contributed by atoms with Crippen molar-refractivity contribution in [3.8, 4) is 0 Å². The van der Waals surface area contributed by atoms with Crippen LogP contribution in [0.1, 0.15) is 11.8 Å². The molecule has 3 aromatic rings. The average molecular weight is 374 g/mol. The first-order valence-corrected chi connectivity index (χ1v) is 8.94. The SMILES string of the molecule is Cc1ccc(Sc2ncnc3c2ncn3[C@@H]2O[C@@H](CO)[C@@H](O)[C@@H]2O)cc1. The molecule has 1 aliphatic heterocycles. The molecule has 8 nitrogen and oxygen atoms in total. The summed E-state index contributed by atoms with van der Waals surface area (Å²) in [6.07, 6.45) is -1.16. The number of imidazole rings is 1. The van der Waals surface area contributed by atoms with Crippen molar-refractivity contribution in [1.29, 1.82) is 0 Å². The van der Waals surface area contributed by atoms with Gasteiger partial charge in [-0.3, -0.25) is 4.57 Å². The molecule has 3 heterocycles. The number of hydrogen-bond donors (Lipinski definition) is 3. The summed E-state index contributed by atoms with van der Waals surface area (Å²) in [5.74, 6) is 0. The molecule has 4 atom stereocenters. The van der Waals surface area contributed by atoms with E-state index in [9.17, 15) is 15.3 Å². The Morgan fingerprint density at radius 3 is 2.58 bits per heavy atom. The van der Waals surface area contributed by atoms with Crippen LogP contribution in [0.5, 0.6) is 0 Å². The maximum atomic E-state index is 10.2. The molecule has 9 heteroatoms. The summed E-state index contributed by atoms with van der Waals surface area (Å²) in [5.41, 5.74) is 2.25. The van der Waals surface area contributed by atoms with Crippen molar-refractivity contribution in [2.45, 2.75) is 41.4 Å². The number of aromatic nitrogens is 4. The number of fused-ring (bicyclic) bond motifs is 1. The highest BCUT2D eigenvalue weighted by molar-refractivity contribution is 7.99. The molecule has 136 valence electrons. The third kappa shape index (κ3) is 2.97. The van der Waals surface area contributed by atoms with Gasteiger partial charge in [0.2, 0.25) is 0 Å². The van der Waals surface area contributed by atoms with Crippen LogP contribution in [0.15, 0.2) is 46.8 Å². The highest BCUT2D eigenvalue weighted by atomic mass is 32.2. The Kier molecular flexibility index (Phi) is 4.63. The van der Waals surface area contributed by atoms with Crippen LogP contribution in [0.2, 0.25) is 0 Å². The standard InChI is InChI=1S/C17H18N4O4S/c1-9-2-4-10(5-3-9)26-16-12-15(18-7-19-16)21(8-20-12)17-14(24)13(23)11(6-22)25-17/h2-5,7-8,11,13-14,17,22-24H,6H2,1H3/t11-,13+,14-,17+/m0/s1. The minimum absolute atomic E-state index is 0.384. The lowest BCUT2D eigenvalue weighted by atomic mass is 10.1. The number of benzene rings is 1. The van der Waals surface area contributed by atoms with Crippen LogP contribution in [-0.2, 0) is 4.74 Å². The van der Waals surface area contributed by atoms with Gasteiger partial charge in [0.05, 0.1) is 12.9 Å². The summed E-state index contributed by atoms with van der Waals surface area (Å²) in [5, 5.41) is 30.1. The monoisotopic (exact) mass is 374 g/mol. The van der Waals surface area contributed by atoms with Crippen LogP contribution >= 0.6 is 11.8 Å². The smallest absolute Gasteiger partial charge is 0.166 e. The van der Waals surface area contributed by atoms with Crippen LogP contribution in [0, 0.1) is 6.92 Å². The van der Waals surface area contributed by atoms with Crippen molar-refractivity contribution in [1.82, 2.24) is 19.5 Å². The maximum absolute atomic E-state index is 10.2. The van der Waals surface area contributed by atoms with Gasteiger partial charge in [-0.25, -0.2) is 15.0 Å². The summed E-state index contributed by atoms with van der Waals surface area (Å²) >= 11 is 1.47. The van der Waals surface area contributed by atoms with Gasteiger partial charge >= 0.3 is 0 Å². The number of aliphatic hydroxyl groups excluding tert-OH is 3. The van der Waals surface area contributed by atoms with E-state index < -0.39 is 24.5 Å². The molecular formula is C17H18N4O4S. The van der Waals surface area contributed by atoms with Crippen LogP contribution in [0.25, 0.3) is 11.2 Å². The lowest BCUT2D eigenvalue weighted by molar-refractivity contribution is -0.0511. The molecule has 0 spiro atoms. The van der Waals surface area contributed by atoms with E-state index in [4.69, 9.17) is 4.74 Å². The van der Waals surface area contributed by atoms with Gasteiger partial charge in [0, 0.05) is 4.90 Å². The van der Waals surface area contributed by atoms with Crippen LogP contribution in [-0.4, -0.2) is 59.8 Å². The van der Waals surface area contributed by atoms with E-state index in [1.165, 1.54) is 30.0 Å². The van der Waals surface area contributed by atoms with Crippen molar-refractivity contribution in [2.24, 2.45) is 0 Å². The lowest BCUT2D eigenvalue weighted by Crippen LogP contribution is -2.33. The van der Waals surface area contributed by atoms with E-state index in [0.29, 0.717) is 16.2 Å². The Hall–Kier alpha value is -2.04. The molecule has 0 amide bonds. The fourth-order valence-electron chi connectivity index (χ4n) is 2.92. The molecular weight excluding hydrogens is 356 g/mol. The summed E-state index contributed by atoms with van der Waals surface area (Å²) in [6, 6.07) is 8.07. The first-order valence-electron chi connectivity index (χ1n) is 8.13.